The third kappa shape index (κ3) is 2.15. The average molecular weight is 254 g/mol. The summed E-state index contributed by atoms with van der Waals surface area (Å²) < 4.78 is 1.70. The van der Waals surface area contributed by atoms with Crippen LogP contribution in [-0.2, 0) is 6.54 Å². The Kier molecular flexibility index (Phi) is 2.68. The monoisotopic (exact) mass is 254 g/mol. The highest BCUT2D eigenvalue weighted by Crippen LogP contribution is 2.11. The number of carbonyl (C=O) groups is 1. The molecule has 0 spiro atoms. The Hall–Kier alpha value is -2.76. The van der Waals surface area contributed by atoms with Gasteiger partial charge in [-0.15, -0.1) is 5.10 Å². The van der Waals surface area contributed by atoms with Gasteiger partial charge in [-0.3, -0.25) is 0 Å². The number of aromatic carboxylic acids is 1. The van der Waals surface area contributed by atoms with E-state index >= 15 is 0 Å². The number of nitrogens with zero attached hydrogens (tertiary/aromatic N) is 4. The quantitative estimate of drug-likeness (QED) is 0.767. The van der Waals surface area contributed by atoms with E-state index in [1.807, 2.05) is 24.3 Å². The van der Waals surface area contributed by atoms with E-state index in [0.717, 1.165) is 11.0 Å². The molecule has 0 aliphatic rings. The Morgan fingerprint density at radius 2 is 2.00 bits per heavy atom. The zero-order valence-electron chi connectivity index (χ0n) is 9.89. The van der Waals surface area contributed by atoms with Gasteiger partial charge in [-0.1, -0.05) is 23.4 Å². The maximum absolute atomic E-state index is 10.9. The van der Waals surface area contributed by atoms with Gasteiger partial charge < -0.3 is 5.11 Å². The first-order chi connectivity index (χ1) is 9.24. The molecule has 0 amide bonds. The van der Waals surface area contributed by atoms with Crippen LogP contribution in [0, 0.1) is 0 Å². The fourth-order valence-corrected chi connectivity index (χ4v) is 1.87. The molecule has 0 radical (unpaired) electrons. The Morgan fingerprint density at radius 1 is 1.16 bits per heavy atom. The molecule has 1 N–H and O–H groups in total. The number of para-hydroxylation sites is 1. The summed E-state index contributed by atoms with van der Waals surface area (Å²) in [5.74, 6) is -1.04. The van der Waals surface area contributed by atoms with E-state index < -0.39 is 5.97 Å². The number of hydrogen-bond donors (Lipinski definition) is 1. The predicted octanol–water partition coefficient (Wildman–Crippen LogP) is 1.57. The van der Waals surface area contributed by atoms with Crippen molar-refractivity contribution in [3.8, 4) is 0 Å². The molecule has 0 unspecified atom stereocenters. The van der Waals surface area contributed by atoms with Crippen molar-refractivity contribution in [1.29, 1.82) is 0 Å². The summed E-state index contributed by atoms with van der Waals surface area (Å²) >= 11 is 0. The normalized spacial score (nSPS) is 10.7. The standard InChI is InChI=1S/C13H10N4O2/c18-13(19)11-6-3-4-9(14-11)8-17-12-7-2-1-5-10(12)15-16-17/h1-7H,8H2,(H,18,19). The van der Waals surface area contributed by atoms with Gasteiger partial charge in [-0.2, -0.15) is 0 Å². The van der Waals surface area contributed by atoms with Gasteiger partial charge in [0.15, 0.2) is 0 Å². The van der Waals surface area contributed by atoms with E-state index in [9.17, 15) is 4.79 Å². The fourth-order valence-electron chi connectivity index (χ4n) is 1.87. The summed E-state index contributed by atoms with van der Waals surface area (Å²) in [5, 5.41) is 17.0. The molecule has 0 saturated carbocycles. The molecule has 0 aliphatic carbocycles. The molecule has 2 aromatic heterocycles. The van der Waals surface area contributed by atoms with Crippen LogP contribution in [0.1, 0.15) is 16.2 Å². The minimum absolute atomic E-state index is 0.0296. The first kappa shape index (κ1) is 11.3. The lowest BCUT2D eigenvalue weighted by atomic mass is 10.3. The zero-order valence-corrected chi connectivity index (χ0v) is 9.89. The maximum atomic E-state index is 10.9. The molecule has 0 bridgehead atoms. The average Bonchev–Trinajstić information content (AvgIpc) is 2.83. The summed E-state index contributed by atoms with van der Waals surface area (Å²) in [6.07, 6.45) is 0. The van der Waals surface area contributed by atoms with Crippen LogP contribution in [-0.4, -0.2) is 31.1 Å². The SMILES string of the molecule is O=C(O)c1cccc(Cn2nnc3ccccc32)n1. The number of rotatable bonds is 3. The molecule has 0 fully saturated rings. The third-order valence-electron chi connectivity index (χ3n) is 2.76. The lowest BCUT2D eigenvalue weighted by Crippen LogP contribution is -2.07. The van der Waals surface area contributed by atoms with Crippen molar-refractivity contribution in [2.24, 2.45) is 0 Å². The van der Waals surface area contributed by atoms with E-state index in [0.29, 0.717) is 12.2 Å². The molecule has 94 valence electrons. The summed E-state index contributed by atoms with van der Waals surface area (Å²) in [6.45, 7) is 0.391. The molecule has 0 aliphatic heterocycles. The van der Waals surface area contributed by atoms with Gasteiger partial charge in [0.05, 0.1) is 17.8 Å². The molecular formula is C13H10N4O2. The first-order valence-corrected chi connectivity index (χ1v) is 5.71. The van der Waals surface area contributed by atoms with E-state index in [-0.39, 0.29) is 5.69 Å². The molecule has 0 saturated heterocycles. The topological polar surface area (TPSA) is 80.9 Å². The number of fused-ring (bicyclic) bond motifs is 1. The summed E-state index contributed by atoms with van der Waals surface area (Å²) in [5.41, 5.74) is 2.36. The van der Waals surface area contributed by atoms with Crippen molar-refractivity contribution >= 4 is 17.0 Å². The second-order valence-electron chi connectivity index (χ2n) is 4.06. The number of benzene rings is 1. The van der Waals surface area contributed by atoms with Crippen LogP contribution in [0.15, 0.2) is 42.5 Å². The van der Waals surface area contributed by atoms with Crippen LogP contribution < -0.4 is 0 Å². The summed E-state index contributed by atoms with van der Waals surface area (Å²) in [6, 6.07) is 12.5. The second-order valence-corrected chi connectivity index (χ2v) is 4.06. The van der Waals surface area contributed by atoms with Gasteiger partial charge in [0.2, 0.25) is 0 Å². The molecule has 3 aromatic rings. The highest BCUT2D eigenvalue weighted by molar-refractivity contribution is 5.85. The predicted molar refractivity (Wildman–Crippen MR) is 67.8 cm³/mol. The van der Waals surface area contributed by atoms with Crippen molar-refractivity contribution in [2.45, 2.75) is 6.54 Å². The molecule has 2 heterocycles. The van der Waals surface area contributed by atoms with Crippen LogP contribution in [0.2, 0.25) is 0 Å². The van der Waals surface area contributed by atoms with E-state index in [2.05, 4.69) is 15.3 Å². The highest BCUT2D eigenvalue weighted by atomic mass is 16.4. The van der Waals surface area contributed by atoms with Crippen molar-refractivity contribution in [3.05, 3.63) is 53.9 Å². The Balaban J connectivity index is 1.97. The first-order valence-electron chi connectivity index (χ1n) is 5.71. The van der Waals surface area contributed by atoms with Crippen LogP contribution >= 0.6 is 0 Å². The molecule has 0 atom stereocenters. The van der Waals surface area contributed by atoms with Crippen molar-refractivity contribution in [3.63, 3.8) is 0 Å². The number of pyridine rings is 1. The van der Waals surface area contributed by atoms with Gasteiger partial charge in [0.25, 0.3) is 0 Å². The third-order valence-corrected chi connectivity index (χ3v) is 2.76. The second kappa shape index (κ2) is 4.49. The molecule has 6 heteroatoms. The lowest BCUT2D eigenvalue weighted by Gasteiger charge is -2.02. The summed E-state index contributed by atoms with van der Waals surface area (Å²) in [7, 11) is 0. The number of carboxylic acid groups (broad SMARTS) is 1. The van der Waals surface area contributed by atoms with Gasteiger partial charge in [0.1, 0.15) is 11.2 Å². The highest BCUT2D eigenvalue weighted by Gasteiger charge is 2.08. The van der Waals surface area contributed by atoms with Crippen LogP contribution in [0.3, 0.4) is 0 Å². The molecule has 3 rings (SSSR count). The van der Waals surface area contributed by atoms with Crippen molar-refractivity contribution < 1.29 is 9.90 Å². The largest absolute Gasteiger partial charge is 0.477 e. The smallest absolute Gasteiger partial charge is 0.354 e. The summed E-state index contributed by atoms with van der Waals surface area (Å²) in [4.78, 5) is 14.9. The van der Waals surface area contributed by atoms with Gasteiger partial charge >= 0.3 is 5.97 Å². The lowest BCUT2D eigenvalue weighted by molar-refractivity contribution is 0.0690. The molecule has 19 heavy (non-hydrogen) atoms. The molecule has 1 aromatic carbocycles. The van der Waals surface area contributed by atoms with Crippen LogP contribution in [0.4, 0.5) is 0 Å². The number of hydrogen-bond acceptors (Lipinski definition) is 4. The van der Waals surface area contributed by atoms with Crippen LogP contribution in [0.5, 0.6) is 0 Å². The Labute approximate surface area is 108 Å². The number of carboxylic acids is 1. The van der Waals surface area contributed by atoms with Gasteiger partial charge in [-0.25, -0.2) is 14.5 Å². The molecular weight excluding hydrogens is 244 g/mol. The maximum Gasteiger partial charge on any atom is 0.354 e. The van der Waals surface area contributed by atoms with Crippen molar-refractivity contribution in [2.75, 3.05) is 0 Å². The minimum atomic E-state index is -1.04. The van der Waals surface area contributed by atoms with Gasteiger partial charge in [-0.05, 0) is 24.3 Å². The van der Waals surface area contributed by atoms with E-state index in [1.54, 1.807) is 16.8 Å². The fraction of sp³-hybridized carbons (Fsp3) is 0.0769. The van der Waals surface area contributed by atoms with E-state index in [4.69, 9.17) is 5.11 Å². The van der Waals surface area contributed by atoms with Crippen molar-refractivity contribution in [1.82, 2.24) is 20.0 Å². The number of aromatic nitrogens is 4. The van der Waals surface area contributed by atoms with E-state index in [1.165, 1.54) is 6.07 Å². The van der Waals surface area contributed by atoms with Crippen LogP contribution in [0.25, 0.3) is 11.0 Å². The minimum Gasteiger partial charge on any atom is -0.477 e. The van der Waals surface area contributed by atoms with Gasteiger partial charge in [0, 0.05) is 0 Å². The Morgan fingerprint density at radius 3 is 2.84 bits per heavy atom. The zero-order chi connectivity index (χ0) is 13.2. The molecule has 6 nitrogen and oxygen atoms in total. The Bertz CT molecular complexity index is 751.